The Morgan fingerprint density at radius 3 is 3.06 bits per heavy atom. The van der Waals surface area contributed by atoms with Gasteiger partial charge in [0.25, 0.3) is 0 Å². The lowest BCUT2D eigenvalue weighted by molar-refractivity contribution is 0.0842. The summed E-state index contributed by atoms with van der Waals surface area (Å²) < 4.78 is 17.3. The molecule has 0 aliphatic heterocycles. The Morgan fingerprint density at radius 2 is 2.25 bits per heavy atom. The zero-order valence-electron chi connectivity index (χ0n) is 8.64. The molecule has 2 rings (SSSR count). The monoisotopic (exact) mass is 221 g/mol. The van der Waals surface area contributed by atoms with Crippen molar-refractivity contribution in [3.8, 4) is 5.75 Å². The number of hydrogen-bond donors (Lipinski definition) is 1. The SMILES string of the molecule is O[C@H](CF)COc1ccc2ncccc2c1. The van der Waals surface area contributed by atoms with Crippen LogP contribution >= 0.6 is 0 Å². The molecule has 0 aliphatic carbocycles. The van der Waals surface area contributed by atoms with Crippen LogP contribution in [0.4, 0.5) is 4.39 Å². The standard InChI is InChI=1S/C12H12FNO2/c13-7-10(15)8-16-11-3-4-12-9(6-11)2-1-5-14-12/h1-6,10,15H,7-8H2/t10-/m1/s1. The van der Waals surface area contributed by atoms with Crippen molar-refractivity contribution in [1.82, 2.24) is 4.98 Å². The van der Waals surface area contributed by atoms with E-state index in [1.807, 2.05) is 24.3 Å². The van der Waals surface area contributed by atoms with Gasteiger partial charge in [0.1, 0.15) is 25.1 Å². The van der Waals surface area contributed by atoms with Crippen molar-refractivity contribution in [3.05, 3.63) is 36.5 Å². The quantitative estimate of drug-likeness (QED) is 0.858. The third kappa shape index (κ3) is 2.46. The van der Waals surface area contributed by atoms with Crippen molar-refractivity contribution in [1.29, 1.82) is 0 Å². The largest absolute Gasteiger partial charge is 0.491 e. The Morgan fingerprint density at radius 1 is 1.38 bits per heavy atom. The lowest BCUT2D eigenvalue weighted by Gasteiger charge is -2.09. The van der Waals surface area contributed by atoms with Crippen LogP contribution in [0.15, 0.2) is 36.5 Å². The molecule has 0 saturated carbocycles. The van der Waals surface area contributed by atoms with E-state index in [1.165, 1.54) is 0 Å². The maximum absolute atomic E-state index is 12.0. The number of ether oxygens (including phenoxy) is 1. The first-order chi connectivity index (χ1) is 7.79. The van der Waals surface area contributed by atoms with Crippen LogP contribution in [-0.2, 0) is 0 Å². The molecule has 2 aromatic rings. The maximum atomic E-state index is 12.0. The van der Waals surface area contributed by atoms with Crippen LogP contribution < -0.4 is 4.74 Å². The van der Waals surface area contributed by atoms with Gasteiger partial charge in [0.05, 0.1) is 5.52 Å². The number of halogens is 1. The van der Waals surface area contributed by atoms with Gasteiger partial charge in [-0.3, -0.25) is 4.98 Å². The Kier molecular flexibility index (Phi) is 3.31. The Labute approximate surface area is 92.5 Å². The Balaban J connectivity index is 2.13. The zero-order valence-corrected chi connectivity index (χ0v) is 8.64. The second kappa shape index (κ2) is 4.90. The van der Waals surface area contributed by atoms with Crippen molar-refractivity contribution in [2.75, 3.05) is 13.3 Å². The molecule has 0 amide bonds. The minimum Gasteiger partial charge on any atom is -0.491 e. The van der Waals surface area contributed by atoms with Crippen LogP contribution in [0.5, 0.6) is 5.75 Å². The summed E-state index contributed by atoms with van der Waals surface area (Å²) in [6.45, 7) is -0.836. The molecule has 0 fully saturated rings. The number of aromatic nitrogens is 1. The molecule has 0 bridgehead atoms. The summed E-state index contributed by atoms with van der Waals surface area (Å²) in [5.74, 6) is 0.605. The first-order valence-corrected chi connectivity index (χ1v) is 5.01. The number of pyridine rings is 1. The Bertz CT molecular complexity index is 475. The van der Waals surface area contributed by atoms with Crippen LogP contribution in [0, 0.1) is 0 Å². The second-order valence-corrected chi connectivity index (χ2v) is 3.48. The summed E-state index contributed by atoms with van der Waals surface area (Å²) in [5.41, 5.74) is 0.876. The van der Waals surface area contributed by atoms with E-state index in [2.05, 4.69) is 4.98 Å². The number of alkyl halides is 1. The van der Waals surface area contributed by atoms with Gasteiger partial charge in [-0.1, -0.05) is 6.07 Å². The van der Waals surface area contributed by atoms with Crippen molar-refractivity contribution < 1.29 is 14.2 Å². The number of rotatable bonds is 4. The van der Waals surface area contributed by atoms with Crippen LogP contribution in [0.1, 0.15) is 0 Å². The topological polar surface area (TPSA) is 42.4 Å². The summed E-state index contributed by atoms with van der Waals surface area (Å²) in [7, 11) is 0. The molecule has 1 atom stereocenters. The second-order valence-electron chi connectivity index (χ2n) is 3.48. The molecular formula is C12H12FNO2. The van der Waals surface area contributed by atoms with E-state index < -0.39 is 12.8 Å². The van der Waals surface area contributed by atoms with E-state index in [-0.39, 0.29) is 6.61 Å². The minimum absolute atomic E-state index is 0.0394. The molecular weight excluding hydrogens is 209 g/mol. The van der Waals surface area contributed by atoms with E-state index in [0.717, 1.165) is 10.9 Å². The zero-order chi connectivity index (χ0) is 11.4. The fourth-order valence-corrected chi connectivity index (χ4v) is 1.38. The van der Waals surface area contributed by atoms with E-state index in [9.17, 15) is 4.39 Å². The van der Waals surface area contributed by atoms with E-state index in [1.54, 1.807) is 12.3 Å². The van der Waals surface area contributed by atoms with Crippen LogP contribution in [0.2, 0.25) is 0 Å². The van der Waals surface area contributed by atoms with Crippen molar-refractivity contribution >= 4 is 10.9 Å². The van der Waals surface area contributed by atoms with E-state index in [4.69, 9.17) is 9.84 Å². The highest BCUT2D eigenvalue weighted by atomic mass is 19.1. The minimum atomic E-state index is -1.07. The summed E-state index contributed by atoms with van der Waals surface area (Å²) in [5, 5.41) is 9.97. The smallest absolute Gasteiger partial charge is 0.120 e. The van der Waals surface area contributed by atoms with Crippen LogP contribution in [-0.4, -0.2) is 29.5 Å². The predicted octanol–water partition coefficient (Wildman–Crippen LogP) is 1.94. The highest BCUT2D eigenvalue weighted by Gasteiger charge is 2.04. The number of hydrogen-bond acceptors (Lipinski definition) is 3. The van der Waals surface area contributed by atoms with Gasteiger partial charge in [0, 0.05) is 11.6 Å². The average Bonchev–Trinajstić information content (AvgIpc) is 2.35. The molecule has 0 spiro atoms. The molecule has 1 heterocycles. The van der Waals surface area contributed by atoms with Crippen molar-refractivity contribution in [2.45, 2.75) is 6.10 Å². The number of nitrogens with zero attached hydrogens (tertiary/aromatic N) is 1. The highest BCUT2D eigenvalue weighted by molar-refractivity contribution is 5.79. The van der Waals surface area contributed by atoms with E-state index >= 15 is 0 Å². The highest BCUT2D eigenvalue weighted by Crippen LogP contribution is 2.18. The molecule has 1 aromatic carbocycles. The summed E-state index contributed by atoms with van der Waals surface area (Å²) in [6.07, 6.45) is 0.653. The molecule has 4 heteroatoms. The average molecular weight is 221 g/mol. The lowest BCUT2D eigenvalue weighted by Crippen LogP contribution is -2.19. The van der Waals surface area contributed by atoms with Crippen molar-refractivity contribution in [2.24, 2.45) is 0 Å². The van der Waals surface area contributed by atoms with Crippen LogP contribution in [0.3, 0.4) is 0 Å². The fraction of sp³-hybridized carbons (Fsp3) is 0.250. The van der Waals surface area contributed by atoms with Crippen LogP contribution in [0.25, 0.3) is 10.9 Å². The number of aliphatic hydroxyl groups is 1. The molecule has 0 unspecified atom stereocenters. The molecule has 0 aliphatic rings. The predicted molar refractivity (Wildman–Crippen MR) is 59.2 cm³/mol. The molecule has 1 aromatic heterocycles. The normalized spacial score (nSPS) is 12.6. The fourth-order valence-electron chi connectivity index (χ4n) is 1.38. The van der Waals surface area contributed by atoms with E-state index in [0.29, 0.717) is 5.75 Å². The Hall–Kier alpha value is -1.68. The number of fused-ring (bicyclic) bond motifs is 1. The molecule has 16 heavy (non-hydrogen) atoms. The number of benzene rings is 1. The summed E-state index contributed by atoms with van der Waals surface area (Å²) in [6, 6.07) is 9.14. The van der Waals surface area contributed by atoms with Gasteiger partial charge in [0.15, 0.2) is 0 Å². The van der Waals surface area contributed by atoms with Gasteiger partial charge in [-0.2, -0.15) is 0 Å². The molecule has 0 saturated heterocycles. The van der Waals surface area contributed by atoms with Gasteiger partial charge in [0.2, 0.25) is 0 Å². The molecule has 1 N–H and O–H groups in total. The maximum Gasteiger partial charge on any atom is 0.120 e. The molecule has 84 valence electrons. The lowest BCUT2D eigenvalue weighted by atomic mass is 10.2. The van der Waals surface area contributed by atoms with Gasteiger partial charge < -0.3 is 9.84 Å². The van der Waals surface area contributed by atoms with Crippen molar-refractivity contribution in [3.63, 3.8) is 0 Å². The first-order valence-electron chi connectivity index (χ1n) is 5.01. The van der Waals surface area contributed by atoms with Gasteiger partial charge in [-0.25, -0.2) is 4.39 Å². The number of aliphatic hydroxyl groups excluding tert-OH is 1. The summed E-state index contributed by atoms with van der Waals surface area (Å²) >= 11 is 0. The molecule has 0 radical (unpaired) electrons. The van der Waals surface area contributed by atoms with Gasteiger partial charge in [-0.15, -0.1) is 0 Å². The third-order valence-corrected chi connectivity index (χ3v) is 2.19. The van der Waals surface area contributed by atoms with Gasteiger partial charge >= 0.3 is 0 Å². The molecule has 3 nitrogen and oxygen atoms in total. The summed E-state index contributed by atoms with van der Waals surface area (Å²) in [4.78, 5) is 4.17. The van der Waals surface area contributed by atoms with Gasteiger partial charge in [-0.05, 0) is 24.3 Å². The first kappa shape index (κ1) is 10.8. The third-order valence-electron chi connectivity index (χ3n) is 2.19.